The average Bonchev–Trinajstić information content (AvgIpc) is 3.20. The molecule has 9 heteroatoms. The van der Waals surface area contributed by atoms with Gasteiger partial charge in [-0.2, -0.15) is 0 Å². The van der Waals surface area contributed by atoms with Crippen molar-refractivity contribution < 1.29 is 17.6 Å². The first kappa shape index (κ1) is 22.3. The van der Waals surface area contributed by atoms with Crippen LogP contribution in [0.2, 0.25) is 0 Å². The summed E-state index contributed by atoms with van der Waals surface area (Å²) in [5.74, 6) is -0.806. The lowest BCUT2D eigenvalue weighted by molar-refractivity contribution is -0.122. The minimum absolute atomic E-state index is 0.0272. The van der Waals surface area contributed by atoms with Crippen LogP contribution >= 0.6 is 27.3 Å². The third-order valence-corrected chi connectivity index (χ3v) is 9.07. The number of sulfonamides is 1. The summed E-state index contributed by atoms with van der Waals surface area (Å²) >= 11 is 4.23. The molecule has 0 spiro atoms. The summed E-state index contributed by atoms with van der Waals surface area (Å²) in [4.78, 5) is 25.4. The molecule has 1 heterocycles. The number of carbonyl (C=O) groups excluding carboxylic acids is 1. The maximum atomic E-state index is 13.9. The Bertz CT molecular complexity index is 1520. The van der Waals surface area contributed by atoms with Gasteiger partial charge in [-0.05, 0) is 43.2 Å². The molecule has 0 unspecified atom stereocenters. The number of nitrogens with zero attached hydrogens (tertiary/aromatic N) is 1. The molecule has 1 aliphatic rings. The standard InChI is InChI=1S/C24H20BrNO5S2/c25-16-10-12-17(13-11-16)33(29,30)26(23(27)15-6-2-1-3-7-15)20-14-21-22(31-24(28)32-21)19-9-5-4-8-18(19)20/h4-5,8-15H,1-3,6-7H2. The minimum atomic E-state index is -4.21. The molecule has 0 radical (unpaired) electrons. The van der Waals surface area contributed by atoms with Gasteiger partial charge >= 0.3 is 4.94 Å². The Hall–Kier alpha value is -2.49. The molecule has 1 saturated carbocycles. The molecule has 1 amide bonds. The van der Waals surface area contributed by atoms with Crippen molar-refractivity contribution >= 4 is 69.9 Å². The molecule has 0 saturated heterocycles. The topological polar surface area (TPSA) is 84.7 Å². The second-order valence-corrected chi connectivity index (χ2v) is 11.8. The van der Waals surface area contributed by atoms with Gasteiger partial charge < -0.3 is 4.42 Å². The van der Waals surface area contributed by atoms with Crippen LogP contribution in [0.4, 0.5) is 5.69 Å². The molecule has 4 aromatic rings. The van der Waals surface area contributed by atoms with E-state index in [-0.39, 0.29) is 16.5 Å². The van der Waals surface area contributed by atoms with Crippen LogP contribution in [-0.4, -0.2) is 14.3 Å². The van der Waals surface area contributed by atoms with Crippen molar-refractivity contribution in [2.24, 2.45) is 5.92 Å². The normalized spacial score (nSPS) is 15.2. The van der Waals surface area contributed by atoms with Crippen molar-refractivity contribution in [1.29, 1.82) is 0 Å². The van der Waals surface area contributed by atoms with E-state index in [1.54, 1.807) is 42.5 Å². The molecule has 1 aliphatic carbocycles. The second kappa shape index (κ2) is 8.70. The zero-order valence-electron chi connectivity index (χ0n) is 17.5. The molecular formula is C24H20BrNO5S2. The zero-order valence-corrected chi connectivity index (χ0v) is 20.7. The molecular weight excluding hydrogens is 526 g/mol. The molecule has 6 nitrogen and oxygen atoms in total. The number of hydrogen-bond donors (Lipinski definition) is 0. The fourth-order valence-corrected chi connectivity index (χ4v) is 6.91. The lowest BCUT2D eigenvalue weighted by atomic mass is 9.88. The first-order valence-electron chi connectivity index (χ1n) is 10.7. The third-order valence-electron chi connectivity index (χ3n) is 6.04. The van der Waals surface area contributed by atoms with Crippen molar-refractivity contribution in [1.82, 2.24) is 0 Å². The Morgan fingerprint density at radius 2 is 1.67 bits per heavy atom. The summed E-state index contributed by atoms with van der Waals surface area (Å²) in [5, 5.41) is 1.13. The lowest BCUT2D eigenvalue weighted by Gasteiger charge is -2.29. The number of hydrogen-bond acceptors (Lipinski definition) is 6. The van der Waals surface area contributed by atoms with Crippen LogP contribution in [-0.2, 0) is 14.8 Å². The quantitative estimate of drug-likeness (QED) is 0.310. The number of fused-ring (bicyclic) bond motifs is 3. The minimum Gasteiger partial charge on any atom is -0.413 e. The van der Waals surface area contributed by atoms with E-state index in [0.29, 0.717) is 33.9 Å². The number of benzene rings is 3. The molecule has 1 aromatic heterocycles. The SMILES string of the molecule is O=C(C1CCCCC1)N(c1cc2sc(=O)oc2c2ccccc12)S(=O)(=O)c1ccc(Br)cc1. The Kier molecular flexibility index (Phi) is 5.88. The van der Waals surface area contributed by atoms with E-state index in [2.05, 4.69) is 15.9 Å². The number of carbonyl (C=O) groups is 1. The van der Waals surface area contributed by atoms with Gasteiger partial charge in [0.2, 0.25) is 5.91 Å². The first-order valence-corrected chi connectivity index (χ1v) is 13.7. The van der Waals surface area contributed by atoms with Crippen LogP contribution in [0.15, 0.2) is 73.2 Å². The van der Waals surface area contributed by atoms with Crippen LogP contribution in [0.25, 0.3) is 21.1 Å². The highest BCUT2D eigenvalue weighted by atomic mass is 79.9. The van der Waals surface area contributed by atoms with Crippen LogP contribution in [0.3, 0.4) is 0 Å². The van der Waals surface area contributed by atoms with Crippen LogP contribution in [0, 0.1) is 5.92 Å². The maximum absolute atomic E-state index is 13.9. The Balaban J connectivity index is 1.78. The van der Waals surface area contributed by atoms with E-state index in [0.717, 1.165) is 39.4 Å². The maximum Gasteiger partial charge on any atom is 0.396 e. The second-order valence-electron chi connectivity index (χ2n) is 8.12. The van der Waals surface area contributed by atoms with Gasteiger partial charge in [0.1, 0.15) is 0 Å². The predicted molar refractivity (Wildman–Crippen MR) is 133 cm³/mol. The van der Waals surface area contributed by atoms with E-state index in [9.17, 15) is 18.0 Å². The van der Waals surface area contributed by atoms with Crippen molar-refractivity contribution in [2.45, 2.75) is 37.0 Å². The number of rotatable bonds is 4. The van der Waals surface area contributed by atoms with E-state index >= 15 is 0 Å². The average molecular weight is 546 g/mol. The van der Waals surface area contributed by atoms with Gasteiger partial charge in [0.25, 0.3) is 10.0 Å². The summed E-state index contributed by atoms with van der Waals surface area (Å²) in [6.07, 6.45) is 4.15. The van der Waals surface area contributed by atoms with Gasteiger partial charge in [0.05, 0.1) is 15.3 Å². The molecule has 3 aromatic carbocycles. The smallest absolute Gasteiger partial charge is 0.396 e. The summed E-state index contributed by atoms with van der Waals surface area (Å²) in [5.41, 5.74) is 0.643. The Labute approximate surface area is 203 Å². The molecule has 0 atom stereocenters. The Morgan fingerprint density at radius 1 is 1.00 bits per heavy atom. The van der Waals surface area contributed by atoms with Crippen molar-refractivity contribution in [2.75, 3.05) is 4.31 Å². The summed E-state index contributed by atoms with van der Waals surface area (Å²) < 4.78 is 35.4. The van der Waals surface area contributed by atoms with Gasteiger partial charge in [0, 0.05) is 21.2 Å². The zero-order chi connectivity index (χ0) is 23.2. The predicted octanol–water partition coefficient (Wildman–Crippen LogP) is 6.07. The summed E-state index contributed by atoms with van der Waals surface area (Å²) in [7, 11) is -4.21. The van der Waals surface area contributed by atoms with E-state index in [1.165, 1.54) is 12.1 Å². The van der Waals surface area contributed by atoms with Crippen LogP contribution in [0.5, 0.6) is 0 Å². The molecule has 33 heavy (non-hydrogen) atoms. The highest BCUT2D eigenvalue weighted by molar-refractivity contribution is 9.10. The molecule has 0 N–H and O–H groups in total. The highest BCUT2D eigenvalue weighted by Crippen LogP contribution is 2.39. The van der Waals surface area contributed by atoms with E-state index < -0.39 is 20.9 Å². The van der Waals surface area contributed by atoms with Crippen LogP contribution in [0.1, 0.15) is 32.1 Å². The van der Waals surface area contributed by atoms with Gasteiger partial charge in [-0.15, -0.1) is 0 Å². The number of halogens is 1. The summed E-state index contributed by atoms with van der Waals surface area (Å²) in [6, 6.07) is 14.9. The fraction of sp³-hybridized carbons (Fsp3) is 0.250. The van der Waals surface area contributed by atoms with Crippen molar-refractivity contribution in [3.05, 3.63) is 68.8 Å². The van der Waals surface area contributed by atoms with Crippen molar-refractivity contribution in [3.63, 3.8) is 0 Å². The van der Waals surface area contributed by atoms with Gasteiger partial charge in [0.15, 0.2) is 5.58 Å². The van der Waals surface area contributed by atoms with Crippen LogP contribution < -0.4 is 9.24 Å². The lowest BCUT2D eigenvalue weighted by Crippen LogP contribution is -2.41. The first-order chi connectivity index (χ1) is 15.9. The van der Waals surface area contributed by atoms with E-state index in [4.69, 9.17) is 4.42 Å². The fourth-order valence-electron chi connectivity index (χ4n) is 4.44. The molecule has 0 bridgehead atoms. The van der Waals surface area contributed by atoms with Gasteiger partial charge in [-0.3, -0.25) is 4.79 Å². The number of anilines is 1. The van der Waals surface area contributed by atoms with Gasteiger partial charge in [-0.25, -0.2) is 17.5 Å². The van der Waals surface area contributed by atoms with E-state index in [1.807, 2.05) is 0 Å². The summed E-state index contributed by atoms with van der Waals surface area (Å²) in [6.45, 7) is 0. The molecule has 0 aliphatic heterocycles. The van der Waals surface area contributed by atoms with Gasteiger partial charge in [-0.1, -0.05) is 70.8 Å². The highest BCUT2D eigenvalue weighted by Gasteiger charge is 2.37. The molecule has 5 rings (SSSR count). The Morgan fingerprint density at radius 3 is 2.36 bits per heavy atom. The van der Waals surface area contributed by atoms with Crippen molar-refractivity contribution in [3.8, 4) is 0 Å². The largest absolute Gasteiger partial charge is 0.413 e. The number of amides is 1. The molecule has 170 valence electrons. The third kappa shape index (κ3) is 4.02. The monoisotopic (exact) mass is 545 g/mol. The molecule has 1 fully saturated rings.